The molecule has 0 radical (unpaired) electrons. The fourth-order valence-electron chi connectivity index (χ4n) is 9.38. The van der Waals surface area contributed by atoms with Crippen LogP contribution in [0.4, 0.5) is 0 Å². The van der Waals surface area contributed by atoms with E-state index in [1.165, 1.54) is 218 Å². The maximum Gasteiger partial charge on any atom is 0.306 e. The molecule has 1 unspecified atom stereocenters. The highest BCUT2D eigenvalue weighted by Gasteiger charge is 2.16. The highest BCUT2D eigenvalue weighted by molar-refractivity contribution is 5.70. The first kappa shape index (κ1) is 71.1. The van der Waals surface area contributed by atoms with Crippen LogP contribution in [0.5, 0.6) is 0 Å². The van der Waals surface area contributed by atoms with E-state index >= 15 is 0 Å². The van der Waals surface area contributed by atoms with Crippen LogP contribution >= 0.6 is 0 Å². The van der Waals surface area contributed by atoms with E-state index in [0.29, 0.717) is 12.8 Å². The van der Waals surface area contributed by atoms with Crippen molar-refractivity contribution in [2.75, 3.05) is 13.2 Å². The summed E-state index contributed by atoms with van der Waals surface area (Å²) >= 11 is 0. The molecule has 0 aromatic heterocycles. The van der Waals surface area contributed by atoms with Crippen LogP contribution in [0, 0.1) is 0 Å². The number of unbranched alkanes of at least 4 members (excludes halogenated alkanes) is 37. The molecule has 0 amide bonds. The summed E-state index contributed by atoms with van der Waals surface area (Å²) < 4.78 is 10.7. The van der Waals surface area contributed by atoms with Crippen molar-refractivity contribution in [1.29, 1.82) is 0 Å². The summed E-state index contributed by atoms with van der Waals surface area (Å²) in [5.74, 6) is -0.580. The van der Waals surface area contributed by atoms with Crippen molar-refractivity contribution >= 4 is 11.9 Å². The molecule has 0 aromatic carbocycles. The number of aliphatic hydroxyl groups is 1. The van der Waals surface area contributed by atoms with Crippen molar-refractivity contribution in [2.45, 2.75) is 328 Å². The molecule has 428 valence electrons. The Morgan fingerprint density at radius 3 is 0.878 bits per heavy atom. The van der Waals surface area contributed by atoms with Crippen molar-refractivity contribution in [2.24, 2.45) is 0 Å². The topological polar surface area (TPSA) is 72.8 Å². The van der Waals surface area contributed by atoms with Crippen LogP contribution in [0.2, 0.25) is 0 Å². The quantitative estimate of drug-likeness (QED) is 0.0373. The Hall–Kier alpha value is -2.92. The molecule has 5 nitrogen and oxygen atoms in total. The number of aliphatic hydroxyl groups excluding tert-OH is 1. The molecule has 0 heterocycles. The zero-order valence-electron chi connectivity index (χ0n) is 49.1. The molecule has 0 spiro atoms. The number of esters is 2. The summed E-state index contributed by atoms with van der Waals surface area (Å²) in [5.41, 5.74) is 0. The summed E-state index contributed by atoms with van der Waals surface area (Å²) in [4.78, 5) is 24.6. The number of rotatable bonds is 59. The Bertz CT molecular complexity index is 1350. The van der Waals surface area contributed by atoms with Gasteiger partial charge in [0, 0.05) is 12.8 Å². The lowest BCUT2D eigenvalue weighted by molar-refractivity contribution is -0.161. The largest absolute Gasteiger partial charge is 0.462 e. The van der Waals surface area contributed by atoms with E-state index in [9.17, 15) is 14.7 Å². The van der Waals surface area contributed by atoms with E-state index in [-0.39, 0.29) is 25.2 Å². The van der Waals surface area contributed by atoms with Crippen LogP contribution < -0.4 is 0 Å². The molecule has 0 aliphatic carbocycles. The van der Waals surface area contributed by atoms with Gasteiger partial charge in [0.15, 0.2) is 6.10 Å². The van der Waals surface area contributed by atoms with Gasteiger partial charge in [-0.05, 0) is 89.9 Å². The highest BCUT2D eigenvalue weighted by atomic mass is 16.6. The number of hydrogen-bond acceptors (Lipinski definition) is 5. The van der Waals surface area contributed by atoms with Gasteiger partial charge in [0.1, 0.15) is 6.61 Å². The van der Waals surface area contributed by atoms with Gasteiger partial charge in [-0.15, -0.1) is 0 Å². The van der Waals surface area contributed by atoms with Gasteiger partial charge < -0.3 is 14.6 Å². The van der Waals surface area contributed by atoms with Gasteiger partial charge >= 0.3 is 11.9 Å². The lowest BCUT2D eigenvalue weighted by Gasteiger charge is -2.15. The molecule has 0 rings (SSSR count). The van der Waals surface area contributed by atoms with E-state index in [4.69, 9.17) is 9.47 Å². The van der Waals surface area contributed by atoms with Gasteiger partial charge in [-0.1, -0.05) is 304 Å². The lowest BCUT2D eigenvalue weighted by atomic mass is 10.0. The zero-order valence-corrected chi connectivity index (χ0v) is 49.1. The number of allylic oxidation sites excluding steroid dienone is 14. The monoisotopic (exact) mass is 1030 g/mol. The minimum absolute atomic E-state index is 0.0656. The van der Waals surface area contributed by atoms with Crippen molar-refractivity contribution in [1.82, 2.24) is 0 Å². The van der Waals surface area contributed by atoms with Gasteiger partial charge in [0.2, 0.25) is 0 Å². The van der Waals surface area contributed by atoms with Crippen LogP contribution in [0.3, 0.4) is 0 Å². The van der Waals surface area contributed by atoms with Gasteiger partial charge in [0.25, 0.3) is 0 Å². The third kappa shape index (κ3) is 61.6. The zero-order chi connectivity index (χ0) is 53.4. The third-order valence-corrected chi connectivity index (χ3v) is 14.2. The van der Waals surface area contributed by atoms with E-state index in [0.717, 1.165) is 77.0 Å². The SMILES string of the molecule is CC/C=C\C/C=C\C/C=C\C/C=C\CCCCCCCCCCCCCCCCC(=O)OC(CO)COC(=O)CCCCCCCCCCCCCCCCCCCC/C=C\C/C=C\C/C=C\CCCCCCC. The second kappa shape index (κ2) is 64.4. The average molecular weight is 1030 g/mol. The van der Waals surface area contributed by atoms with Crippen LogP contribution in [0.25, 0.3) is 0 Å². The fraction of sp³-hybridized carbons (Fsp3) is 0.768. The van der Waals surface area contributed by atoms with Crippen LogP contribution in [0.15, 0.2) is 85.1 Å². The molecule has 0 aromatic rings. The predicted molar refractivity (Wildman–Crippen MR) is 325 cm³/mol. The smallest absolute Gasteiger partial charge is 0.306 e. The Kier molecular flexibility index (Phi) is 61.8. The molecular weight excluding hydrogens is 909 g/mol. The summed E-state index contributed by atoms with van der Waals surface area (Å²) in [6.07, 6.45) is 90.2. The van der Waals surface area contributed by atoms with E-state index in [1.807, 2.05) is 0 Å². The Balaban J connectivity index is 3.45. The molecule has 0 saturated heterocycles. The first-order valence-electron chi connectivity index (χ1n) is 32.1. The molecule has 0 aliphatic heterocycles. The standard InChI is InChI=1S/C69H122O5/c1-3-5-7-9-11-13-15-17-19-21-23-25-27-29-31-32-33-34-35-36-38-39-41-43-45-47-49-51-53-55-57-59-61-63-68(71)73-66-67(65-70)74-69(72)64-62-60-58-56-54-52-50-48-46-44-42-40-37-30-28-26-24-22-20-18-16-14-12-10-8-6-4-2/h6,8,12,14-15,17-18,20-21,23-24,26-27,29,67,70H,3-5,7,9-11,13,16,19,22,25,28,30-66H2,1-2H3/b8-6-,14-12-,17-15-,20-18-,23-21-,26-24-,29-27-. The highest BCUT2D eigenvalue weighted by Crippen LogP contribution is 2.17. The van der Waals surface area contributed by atoms with E-state index in [1.54, 1.807) is 0 Å². The molecule has 74 heavy (non-hydrogen) atoms. The van der Waals surface area contributed by atoms with Gasteiger partial charge in [-0.2, -0.15) is 0 Å². The first-order valence-corrected chi connectivity index (χ1v) is 32.1. The van der Waals surface area contributed by atoms with Crippen LogP contribution in [-0.4, -0.2) is 36.4 Å². The molecule has 0 aliphatic rings. The molecule has 1 N–H and O–H groups in total. The lowest BCUT2D eigenvalue weighted by Crippen LogP contribution is -2.28. The fourth-order valence-corrected chi connectivity index (χ4v) is 9.38. The summed E-state index contributed by atoms with van der Waals surface area (Å²) in [6, 6.07) is 0. The molecular formula is C69H122O5. The summed E-state index contributed by atoms with van der Waals surface area (Å²) in [5, 5.41) is 9.68. The maximum atomic E-state index is 12.3. The second-order valence-corrected chi connectivity index (χ2v) is 21.5. The maximum absolute atomic E-state index is 12.3. The summed E-state index contributed by atoms with van der Waals surface area (Å²) in [7, 11) is 0. The van der Waals surface area contributed by atoms with Crippen molar-refractivity contribution in [3.05, 3.63) is 85.1 Å². The number of carbonyl (C=O) groups excluding carboxylic acids is 2. The van der Waals surface area contributed by atoms with Crippen LogP contribution in [0.1, 0.15) is 322 Å². The molecule has 0 saturated carbocycles. The van der Waals surface area contributed by atoms with E-state index < -0.39 is 6.10 Å². The van der Waals surface area contributed by atoms with Crippen molar-refractivity contribution < 1.29 is 24.2 Å². The van der Waals surface area contributed by atoms with Crippen molar-refractivity contribution in [3.63, 3.8) is 0 Å². The van der Waals surface area contributed by atoms with Gasteiger partial charge in [-0.25, -0.2) is 0 Å². The Morgan fingerprint density at radius 2 is 0.581 bits per heavy atom. The Morgan fingerprint density at radius 1 is 0.324 bits per heavy atom. The first-order chi connectivity index (χ1) is 36.6. The number of ether oxygens (including phenoxy) is 2. The normalized spacial score (nSPS) is 12.7. The third-order valence-electron chi connectivity index (χ3n) is 14.2. The summed E-state index contributed by atoms with van der Waals surface area (Å²) in [6.45, 7) is 4.05. The second-order valence-electron chi connectivity index (χ2n) is 21.5. The van der Waals surface area contributed by atoms with Gasteiger partial charge in [-0.3, -0.25) is 9.59 Å². The minimum Gasteiger partial charge on any atom is -0.462 e. The minimum atomic E-state index is -0.776. The Labute approximate surface area is 460 Å². The average Bonchev–Trinajstić information content (AvgIpc) is 3.40. The molecule has 5 heteroatoms. The van der Waals surface area contributed by atoms with Gasteiger partial charge in [0.05, 0.1) is 6.61 Å². The molecule has 0 bridgehead atoms. The molecule has 1 atom stereocenters. The molecule has 0 fully saturated rings. The van der Waals surface area contributed by atoms with Crippen LogP contribution in [-0.2, 0) is 19.1 Å². The number of hydrogen-bond donors (Lipinski definition) is 1. The predicted octanol–water partition coefficient (Wildman–Crippen LogP) is 22.1. The number of carbonyl (C=O) groups is 2. The van der Waals surface area contributed by atoms with E-state index in [2.05, 4.69) is 98.9 Å². The van der Waals surface area contributed by atoms with Crippen molar-refractivity contribution in [3.8, 4) is 0 Å².